The molecule has 0 aromatic carbocycles. The van der Waals surface area contributed by atoms with Crippen molar-refractivity contribution in [3.05, 3.63) is 23.4 Å². The molecule has 80 valence electrons. The first-order valence-corrected chi connectivity index (χ1v) is 7.74. The topological polar surface area (TPSA) is 0 Å². The first-order valence-electron chi connectivity index (χ1n) is 4.24. The van der Waals surface area contributed by atoms with Gasteiger partial charge in [0.1, 0.15) is 0 Å². The van der Waals surface area contributed by atoms with E-state index in [1.807, 2.05) is 0 Å². The van der Waals surface area contributed by atoms with Crippen LogP contribution in [-0.4, -0.2) is 19.9 Å². The van der Waals surface area contributed by atoms with Crippen LogP contribution in [0.3, 0.4) is 0 Å². The lowest BCUT2D eigenvalue weighted by Gasteiger charge is -2.31. The predicted octanol–water partition coefficient (Wildman–Crippen LogP) is 3.63. The van der Waals surface area contributed by atoms with Crippen molar-refractivity contribution in [1.82, 2.24) is 0 Å². The minimum atomic E-state index is -3.22. The highest BCUT2D eigenvalue weighted by molar-refractivity contribution is 6.83. The van der Waals surface area contributed by atoms with E-state index in [9.17, 15) is 17.6 Å². The van der Waals surface area contributed by atoms with Crippen LogP contribution in [0.2, 0.25) is 19.6 Å². The molecule has 0 saturated carbocycles. The van der Waals surface area contributed by atoms with Gasteiger partial charge in [0.25, 0.3) is 11.8 Å². The Morgan fingerprint density at radius 3 is 1.86 bits per heavy atom. The first-order chi connectivity index (χ1) is 6.05. The van der Waals surface area contributed by atoms with Crippen molar-refractivity contribution < 1.29 is 17.6 Å². The van der Waals surface area contributed by atoms with Gasteiger partial charge in [0.2, 0.25) is 0 Å². The molecule has 0 aromatic rings. The molecule has 0 aliphatic heterocycles. The third-order valence-electron chi connectivity index (χ3n) is 2.02. The molecule has 1 rings (SSSR count). The summed E-state index contributed by atoms with van der Waals surface area (Å²) in [7, 11) is -2.40. The van der Waals surface area contributed by atoms with E-state index in [0.717, 1.165) is 0 Å². The SMILES string of the molecule is C[Si](C)(C)C1=CC(F)(F)C=CC1(F)F. The average molecular weight is 224 g/mol. The molecule has 5 heteroatoms. The summed E-state index contributed by atoms with van der Waals surface area (Å²) in [5.74, 6) is -6.43. The second-order valence-electron chi connectivity index (χ2n) is 4.44. The molecule has 0 heterocycles. The second-order valence-corrected chi connectivity index (χ2v) is 9.48. The fourth-order valence-corrected chi connectivity index (χ4v) is 3.07. The van der Waals surface area contributed by atoms with Gasteiger partial charge in [0.05, 0.1) is 8.07 Å². The van der Waals surface area contributed by atoms with Crippen LogP contribution < -0.4 is 0 Å². The fourth-order valence-electron chi connectivity index (χ4n) is 1.36. The molecule has 0 aromatic heterocycles. The van der Waals surface area contributed by atoms with Crippen LogP contribution >= 0.6 is 0 Å². The van der Waals surface area contributed by atoms with Crippen LogP contribution in [-0.2, 0) is 0 Å². The normalized spacial score (nSPS) is 24.6. The highest BCUT2D eigenvalue weighted by atomic mass is 28.3. The van der Waals surface area contributed by atoms with Crippen LogP contribution in [0, 0.1) is 0 Å². The lowest BCUT2D eigenvalue weighted by atomic mass is 10.1. The van der Waals surface area contributed by atoms with E-state index in [1.54, 1.807) is 19.6 Å². The monoisotopic (exact) mass is 224 g/mol. The summed E-state index contributed by atoms with van der Waals surface area (Å²) in [5, 5.41) is -0.391. The van der Waals surface area contributed by atoms with Crippen LogP contribution in [0.15, 0.2) is 23.4 Å². The summed E-state index contributed by atoms with van der Waals surface area (Å²) in [5.41, 5.74) is 0. The molecule has 0 saturated heterocycles. The second kappa shape index (κ2) is 2.95. The molecule has 0 bridgehead atoms. The summed E-state index contributed by atoms with van der Waals surface area (Å²) in [4.78, 5) is 0. The van der Waals surface area contributed by atoms with Gasteiger partial charge in [0.15, 0.2) is 0 Å². The number of rotatable bonds is 1. The number of alkyl halides is 4. The van der Waals surface area contributed by atoms with Gasteiger partial charge < -0.3 is 0 Å². The van der Waals surface area contributed by atoms with Gasteiger partial charge in [-0.25, -0.2) is 0 Å². The van der Waals surface area contributed by atoms with Gasteiger partial charge in [-0.1, -0.05) is 19.6 Å². The molecule has 0 nitrogen and oxygen atoms in total. The molecule has 0 fully saturated rings. The number of hydrogen-bond donors (Lipinski definition) is 0. The maximum absolute atomic E-state index is 13.3. The summed E-state index contributed by atoms with van der Waals surface area (Å²) in [6, 6.07) is 0. The van der Waals surface area contributed by atoms with Crippen LogP contribution in [0.1, 0.15) is 0 Å². The first kappa shape index (κ1) is 11.5. The maximum atomic E-state index is 13.3. The zero-order valence-corrected chi connectivity index (χ0v) is 9.24. The molecule has 0 spiro atoms. The maximum Gasteiger partial charge on any atom is 0.285 e. The summed E-state index contributed by atoms with van der Waals surface area (Å²) in [6.07, 6.45) is 0.983. The molecular weight excluding hydrogens is 212 g/mol. The highest BCUT2D eigenvalue weighted by Crippen LogP contribution is 2.39. The smallest absolute Gasteiger partial charge is 0.197 e. The predicted molar refractivity (Wildman–Crippen MR) is 50.5 cm³/mol. The van der Waals surface area contributed by atoms with Crippen molar-refractivity contribution in [2.75, 3.05) is 0 Å². The molecule has 0 N–H and O–H groups in total. The Kier molecular flexibility index (Phi) is 2.42. The fraction of sp³-hybridized carbons (Fsp3) is 0.556. The van der Waals surface area contributed by atoms with E-state index in [4.69, 9.17) is 0 Å². The third kappa shape index (κ3) is 2.26. The van der Waals surface area contributed by atoms with E-state index >= 15 is 0 Å². The molecule has 0 amide bonds. The third-order valence-corrected chi connectivity index (χ3v) is 4.11. The van der Waals surface area contributed by atoms with Gasteiger partial charge in [-0.2, -0.15) is 17.6 Å². The number of halogens is 4. The number of allylic oxidation sites excluding steroid dienone is 4. The van der Waals surface area contributed by atoms with Gasteiger partial charge in [-0.05, 0) is 23.4 Å². The van der Waals surface area contributed by atoms with Crippen molar-refractivity contribution >= 4 is 8.07 Å². The largest absolute Gasteiger partial charge is 0.285 e. The van der Waals surface area contributed by atoms with Crippen LogP contribution in [0.4, 0.5) is 17.6 Å². The molecule has 1 aliphatic rings. The Morgan fingerprint density at radius 2 is 1.50 bits per heavy atom. The Labute approximate surface area is 81.3 Å². The Hall–Kier alpha value is -0.583. The summed E-state index contributed by atoms with van der Waals surface area (Å²) in [6.45, 7) is 4.88. The van der Waals surface area contributed by atoms with Crippen LogP contribution in [0.5, 0.6) is 0 Å². The molecular formula is C9H12F4Si. The zero-order chi connectivity index (χ0) is 11.2. The van der Waals surface area contributed by atoms with Gasteiger partial charge in [-0.15, -0.1) is 0 Å². The highest BCUT2D eigenvalue weighted by Gasteiger charge is 2.45. The van der Waals surface area contributed by atoms with Gasteiger partial charge in [-0.3, -0.25) is 0 Å². The number of hydrogen-bond acceptors (Lipinski definition) is 0. The Bertz CT molecular complexity index is 296. The van der Waals surface area contributed by atoms with E-state index in [2.05, 4.69) is 0 Å². The lowest BCUT2D eigenvalue weighted by molar-refractivity contribution is 0.0667. The minimum Gasteiger partial charge on any atom is -0.197 e. The Morgan fingerprint density at radius 1 is 1.00 bits per heavy atom. The van der Waals surface area contributed by atoms with E-state index < -0.39 is 25.1 Å². The molecule has 1 aliphatic carbocycles. The molecule has 0 atom stereocenters. The lowest BCUT2D eigenvalue weighted by Crippen LogP contribution is -2.39. The van der Waals surface area contributed by atoms with Crippen LogP contribution in [0.25, 0.3) is 0 Å². The van der Waals surface area contributed by atoms with Gasteiger partial charge in [0, 0.05) is 0 Å². The van der Waals surface area contributed by atoms with Gasteiger partial charge >= 0.3 is 0 Å². The summed E-state index contributed by atoms with van der Waals surface area (Å²) < 4.78 is 52.2. The van der Waals surface area contributed by atoms with Crippen molar-refractivity contribution in [3.63, 3.8) is 0 Å². The van der Waals surface area contributed by atoms with E-state index in [-0.39, 0.29) is 6.08 Å². The standard InChI is InChI=1S/C9H12F4Si/c1-14(2,3)7-6-8(10,11)4-5-9(7,12)13/h4-6H,1-3H3. The molecule has 14 heavy (non-hydrogen) atoms. The van der Waals surface area contributed by atoms with Crippen molar-refractivity contribution in [3.8, 4) is 0 Å². The minimum absolute atomic E-state index is 0.261. The van der Waals surface area contributed by atoms with Crippen molar-refractivity contribution in [1.29, 1.82) is 0 Å². The molecule has 0 radical (unpaired) electrons. The Balaban J connectivity index is 3.18. The van der Waals surface area contributed by atoms with Crippen molar-refractivity contribution in [2.45, 2.75) is 31.5 Å². The van der Waals surface area contributed by atoms with E-state index in [0.29, 0.717) is 12.2 Å². The summed E-state index contributed by atoms with van der Waals surface area (Å²) >= 11 is 0. The molecule has 0 unspecified atom stereocenters. The average Bonchev–Trinajstić information content (AvgIpc) is 1.93. The zero-order valence-electron chi connectivity index (χ0n) is 8.24. The quantitative estimate of drug-likeness (QED) is 0.362. The van der Waals surface area contributed by atoms with E-state index in [1.165, 1.54) is 0 Å². The van der Waals surface area contributed by atoms with Crippen molar-refractivity contribution in [2.24, 2.45) is 0 Å².